The monoisotopic (exact) mass is 643 g/mol. The molecule has 0 unspecified atom stereocenters. The maximum absolute atomic E-state index is 12.7. The topological polar surface area (TPSA) is 73.2 Å². The van der Waals surface area contributed by atoms with Crippen LogP contribution in [0.4, 0.5) is 5.69 Å². The second-order valence-electron chi connectivity index (χ2n) is 5.93. The van der Waals surface area contributed by atoms with Gasteiger partial charge in [-0.3, -0.25) is 9.71 Å². The van der Waals surface area contributed by atoms with Crippen molar-refractivity contribution in [1.82, 2.24) is 4.98 Å². The number of nitrogens with one attached hydrogen (secondary N) is 1. The van der Waals surface area contributed by atoms with Crippen molar-refractivity contribution in [3.05, 3.63) is 69.6 Å². The predicted octanol–water partition coefficient (Wildman–Crippen LogP) is 4.23. The van der Waals surface area contributed by atoms with E-state index in [0.717, 1.165) is 33.9 Å². The molecule has 5 nitrogen and oxygen atoms in total. The van der Waals surface area contributed by atoms with Crippen LogP contribution in [0.3, 0.4) is 0 Å². The van der Waals surface area contributed by atoms with Crippen LogP contribution in [-0.2, 0) is 23.0 Å². The molecule has 1 radical (unpaired) electrons. The van der Waals surface area contributed by atoms with Gasteiger partial charge in [-0.05, 0) is 52.2 Å². The Morgan fingerprint density at radius 1 is 1.12 bits per heavy atom. The Bertz CT molecular complexity index is 1070. The second kappa shape index (κ2) is 8.24. The van der Waals surface area contributed by atoms with Crippen LogP contribution in [0.25, 0.3) is 16.2 Å². The van der Waals surface area contributed by atoms with Crippen molar-refractivity contribution < 1.29 is 52.5 Å². The molecule has 0 atom stereocenters. The number of halogens is 1. The zero-order chi connectivity index (χ0) is 17.4. The van der Waals surface area contributed by atoms with E-state index in [0.29, 0.717) is 12.2 Å². The molecule has 0 amide bonds. The van der Waals surface area contributed by atoms with Gasteiger partial charge in [-0.1, -0.05) is 23.8 Å². The standard InChI is InChI=1S/C18H15BrN3O2S.Ac/c19-17-3-1-2-13-8-15(11-21-18(13)17)22-25(23,24)16-5-4-12-6-7-20-10-14(12)9-16;/h1-5,8-9,11,22H,6-7,10H2;/q-1;. The Kier molecular flexibility index (Phi) is 6.41. The van der Waals surface area contributed by atoms with Gasteiger partial charge >= 0.3 is 0 Å². The SMILES string of the molecule is O=S(=O)(Nc1cnc2c(Br)cccc2c1)c1ccc2c(c1)C[N-]CC2.[Ac]. The largest absolute Gasteiger partial charge is 0.658 e. The third kappa shape index (κ3) is 4.15. The van der Waals surface area contributed by atoms with E-state index in [1.807, 2.05) is 24.3 Å². The molecule has 26 heavy (non-hydrogen) atoms. The number of hydrogen-bond donors (Lipinski definition) is 1. The molecule has 8 heteroatoms. The summed E-state index contributed by atoms with van der Waals surface area (Å²) < 4.78 is 28.9. The average Bonchev–Trinajstić information content (AvgIpc) is 2.61. The third-order valence-electron chi connectivity index (χ3n) is 4.22. The number of aromatic nitrogens is 1. The van der Waals surface area contributed by atoms with Crippen LogP contribution < -0.4 is 4.72 Å². The minimum Gasteiger partial charge on any atom is -0.658 e. The first kappa shape index (κ1) is 20.2. The van der Waals surface area contributed by atoms with Crippen molar-refractivity contribution in [1.29, 1.82) is 0 Å². The van der Waals surface area contributed by atoms with Crippen LogP contribution in [0, 0.1) is 44.1 Å². The predicted molar refractivity (Wildman–Crippen MR) is 102 cm³/mol. The van der Waals surface area contributed by atoms with Gasteiger partial charge in [0.05, 0.1) is 22.3 Å². The van der Waals surface area contributed by atoms with Crippen molar-refractivity contribution in [2.24, 2.45) is 0 Å². The minimum atomic E-state index is -3.67. The van der Waals surface area contributed by atoms with E-state index >= 15 is 0 Å². The van der Waals surface area contributed by atoms with E-state index in [1.54, 1.807) is 18.2 Å². The molecule has 0 saturated heterocycles. The second-order valence-corrected chi connectivity index (χ2v) is 8.46. The molecular weight excluding hydrogens is 629 g/mol. The summed E-state index contributed by atoms with van der Waals surface area (Å²) >= 11 is 3.44. The fraction of sp³-hybridized carbons (Fsp3) is 0.167. The molecule has 1 aliphatic heterocycles. The summed E-state index contributed by atoms with van der Waals surface area (Å²) in [6.07, 6.45) is 2.39. The Hall–Kier alpha value is -0.518. The first-order valence-electron chi connectivity index (χ1n) is 7.85. The van der Waals surface area contributed by atoms with Gasteiger partial charge in [0.25, 0.3) is 10.0 Å². The number of pyridine rings is 1. The summed E-state index contributed by atoms with van der Waals surface area (Å²) in [6, 6.07) is 12.7. The fourth-order valence-electron chi connectivity index (χ4n) is 2.95. The van der Waals surface area contributed by atoms with Crippen molar-refractivity contribution in [2.45, 2.75) is 17.9 Å². The van der Waals surface area contributed by atoms with Crippen LogP contribution >= 0.6 is 15.9 Å². The number of para-hydroxylation sites is 1. The quantitative estimate of drug-likeness (QED) is 0.465. The zero-order valence-corrected chi connectivity index (χ0v) is 21.0. The van der Waals surface area contributed by atoms with Crippen molar-refractivity contribution in [3.8, 4) is 0 Å². The van der Waals surface area contributed by atoms with Gasteiger partial charge in [-0.25, -0.2) is 8.42 Å². The summed E-state index contributed by atoms with van der Waals surface area (Å²) in [7, 11) is -3.67. The van der Waals surface area contributed by atoms with E-state index in [1.165, 1.54) is 11.8 Å². The molecule has 0 bridgehead atoms. The van der Waals surface area contributed by atoms with Crippen LogP contribution in [0.5, 0.6) is 0 Å². The van der Waals surface area contributed by atoms with E-state index in [9.17, 15) is 8.42 Å². The zero-order valence-electron chi connectivity index (χ0n) is 13.8. The molecule has 0 aliphatic carbocycles. The van der Waals surface area contributed by atoms with Gasteiger partial charge in [-0.15, -0.1) is 13.1 Å². The maximum atomic E-state index is 12.7. The van der Waals surface area contributed by atoms with Crippen molar-refractivity contribution in [3.63, 3.8) is 0 Å². The fourth-order valence-corrected chi connectivity index (χ4v) is 4.52. The average molecular weight is 644 g/mol. The molecule has 0 spiro atoms. The number of rotatable bonds is 3. The van der Waals surface area contributed by atoms with Crippen molar-refractivity contribution in [2.75, 3.05) is 11.3 Å². The number of benzene rings is 2. The number of hydrogen-bond acceptors (Lipinski definition) is 3. The normalized spacial score (nSPS) is 13.7. The number of anilines is 1. The van der Waals surface area contributed by atoms with Gasteiger partial charge < -0.3 is 5.32 Å². The Morgan fingerprint density at radius 3 is 2.81 bits per heavy atom. The smallest absolute Gasteiger partial charge is 0.261 e. The molecule has 1 N–H and O–H groups in total. The van der Waals surface area contributed by atoms with Crippen LogP contribution in [0.1, 0.15) is 11.1 Å². The third-order valence-corrected chi connectivity index (χ3v) is 6.24. The molecule has 0 fully saturated rings. The van der Waals surface area contributed by atoms with E-state index in [4.69, 9.17) is 0 Å². The summed E-state index contributed by atoms with van der Waals surface area (Å²) in [5.74, 6) is 0. The van der Waals surface area contributed by atoms with E-state index < -0.39 is 10.0 Å². The first-order valence-corrected chi connectivity index (χ1v) is 10.1. The molecule has 2 heterocycles. The van der Waals surface area contributed by atoms with Crippen LogP contribution in [0.2, 0.25) is 0 Å². The summed E-state index contributed by atoms with van der Waals surface area (Å²) in [5, 5.41) is 5.20. The summed E-state index contributed by atoms with van der Waals surface area (Å²) in [5.41, 5.74) is 3.38. The van der Waals surface area contributed by atoms with Gasteiger partial charge in [0.2, 0.25) is 0 Å². The number of sulfonamides is 1. The van der Waals surface area contributed by atoms with Gasteiger partial charge in [0.1, 0.15) is 0 Å². The Labute approximate surface area is 196 Å². The molecule has 1 aliphatic rings. The van der Waals surface area contributed by atoms with Crippen LogP contribution in [-0.4, -0.2) is 19.9 Å². The van der Waals surface area contributed by atoms with Gasteiger partial charge in [0, 0.05) is 53.9 Å². The Balaban J connectivity index is 0.00000196. The first-order chi connectivity index (χ1) is 12.0. The number of nitrogens with zero attached hydrogens (tertiary/aromatic N) is 2. The van der Waals surface area contributed by atoms with Crippen LogP contribution in [0.15, 0.2) is 58.0 Å². The molecule has 2 aromatic carbocycles. The minimum absolute atomic E-state index is 0. The molecule has 4 rings (SSSR count). The van der Waals surface area contributed by atoms with Crippen molar-refractivity contribution >= 4 is 42.5 Å². The molecule has 3 aromatic rings. The summed E-state index contributed by atoms with van der Waals surface area (Å²) in [4.78, 5) is 4.59. The Morgan fingerprint density at radius 2 is 1.96 bits per heavy atom. The molecule has 0 saturated carbocycles. The van der Waals surface area contributed by atoms with E-state index in [-0.39, 0.29) is 49.0 Å². The number of fused-ring (bicyclic) bond motifs is 2. The molecular formula is C18H15AcBrN3O2S-. The molecule has 1 aromatic heterocycles. The van der Waals surface area contributed by atoms with Gasteiger partial charge in [0.15, 0.2) is 0 Å². The maximum Gasteiger partial charge on any atom is 0.261 e. The van der Waals surface area contributed by atoms with E-state index in [2.05, 4.69) is 31.0 Å². The molecule has 131 valence electrons. The summed E-state index contributed by atoms with van der Waals surface area (Å²) in [6.45, 7) is 1.37. The van der Waals surface area contributed by atoms with Gasteiger partial charge in [-0.2, -0.15) is 0 Å².